The van der Waals surface area contributed by atoms with E-state index in [9.17, 15) is 0 Å². The fourth-order valence-corrected chi connectivity index (χ4v) is 1.66. The second-order valence-corrected chi connectivity index (χ2v) is 3.83. The van der Waals surface area contributed by atoms with Crippen LogP contribution >= 0.6 is 11.6 Å². The van der Waals surface area contributed by atoms with Crippen LogP contribution in [0.5, 0.6) is 0 Å². The summed E-state index contributed by atoms with van der Waals surface area (Å²) in [6, 6.07) is 8.67. The van der Waals surface area contributed by atoms with Crippen LogP contribution in [0.4, 0.5) is 0 Å². The van der Waals surface area contributed by atoms with Crippen LogP contribution in [-0.4, -0.2) is 5.38 Å². The number of benzene rings is 1. The number of alkyl halides is 1. The van der Waals surface area contributed by atoms with E-state index in [4.69, 9.17) is 11.6 Å². The molecular weight excluding hydrogens is 156 g/mol. The van der Waals surface area contributed by atoms with E-state index in [1.165, 1.54) is 11.1 Å². The van der Waals surface area contributed by atoms with Gasteiger partial charge in [-0.15, -0.1) is 11.6 Å². The molecule has 1 aliphatic rings. The van der Waals surface area contributed by atoms with E-state index in [-0.39, 0.29) is 0 Å². The summed E-state index contributed by atoms with van der Waals surface area (Å²) in [4.78, 5) is 0. The van der Waals surface area contributed by atoms with Gasteiger partial charge in [0, 0.05) is 11.3 Å². The molecule has 0 saturated heterocycles. The summed E-state index contributed by atoms with van der Waals surface area (Å²) in [5.41, 5.74) is 2.72. The second-order valence-electron chi connectivity index (χ2n) is 3.27. The molecule has 0 amide bonds. The summed E-state index contributed by atoms with van der Waals surface area (Å²) in [5, 5.41) is 0.401. The lowest BCUT2D eigenvalue weighted by Gasteiger charge is -1.97. The number of hydrogen-bond acceptors (Lipinski definition) is 0. The molecule has 0 aliphatic heterocycles. The molecule has 0 bridgehead atoms. The Kier molecular flexibility index (Phi) is 1.65. The Morgan fingerprint density at radius 3 is 2.27 bits per heavy atom. The van der Waals surface area contributed by atoms with E-state index in [0.717, 1.165) is 6.42 Å². The van der Waals surface area contributed by atoms with Gasteiger partial charge in [-0.25, -0.2) is 0 Å². The Balaban J connectivity index is 2.21. The van der Waals surface area contributed by atoms with E-state index in [1.807, 2.05) is 0 Å². The first-order valence-electron chi connectivity index (χ1n) is 3.98. The van der Waals surface area contributed by atoms with Crippen LogP contribution in [-0.2, 0) is 0 Å². The first kappa shape index (κ1) is 7.17. The van der Waals surface area contributed by atoms with Crippen molar-refractivity contribution in [1.82, 2.24) is 0 Å². The quantitative estimate of drug-likeness (QED) is 0.563. The van der Waals surface area contributed by atoms with Crippen LogP contribution in [0.1, 0.15) is 23.5 Å². The SMILES string of the molecule is Cc1ccc(C2C[C@@H]2Cl)cc1. The van der Waals surface area contributed by atoms with Gasteiger partial charge in [0.1, 0.15) is 0 Å². The average Bonchev–Trinajstić information content (AvgIpc) is 2.69. The molecular formula is C10H11Cl. The molecule has 2 atom stereocenters. The Hall–Kier alpha value is -0.490. The third-order valence-electron chi connectivity index (χ3n) is 2.22. The zero-order valence-corrected chi connectivity index (χ0v) is 7.31. The highest BCUT2D eigenvalue weighted by Gasteiger charge is 2.36. The van der Waals surface area contributed by atoms with E-state index >= 15 is 0 Å². The second kappa shape index (κ2) is 2.53. The minimum atomic E-state index is 0.401. The maximum absolute atomic E-state index is 5.93. The van der Waals surface area contributed by atoms with E-state index in [0.29, 0.717) is 11.3 Å². The number of aryl methyl sites for hydroxylation is 1. The lowest BCUT2D eigenvalue weighted by molar-refractivity contribution is 1.13. The third kappa shape index (κ3) is 1.41. The van der Waals surface area contributed by atoms with Crippen molar-refractivity contribution in [2.45, 2.75) is 24.6 Å². The normalized spacial score (nSPS) is 28.5. The van der Waals surface area contributed by atoms with Gasteiger partial charge in [0.05, 0.1) is 0 Å². The van der Waals surface area contributed by atoms with Gasteiger partial charge in [-0.05, 0) is 18.9 Å². The van der Waals surface area contributed by atoms with Gasteiger partial charge in [0.15, 0.2) is 0 Å². The molecule has 1 aromatic rings. The zero-order valence-electron chi connectivity index (χ0n) is 6.55. The standard InChI is InChI=1S/C10H11Cl/c1-7-2-4-8(5-3-7)9-6-10(9)11/h2-5,9-10H,6H2,1H3/t9?,10-/m0/s1. The van der Waals surface area contributed by atoms with Crippen LogP contribution in [0, 0.1) is 6.92 Å². The molecule has 1 unspecified atom stereocenters. The van der Waals surface area contributed by atoms with Crippen molar-refractivity contribution < 1.29 is 0 Å². The summed E-state index contributed by atoms with van der Waals surface area (Å²) in [6.45, 7) is 2.11. The summed E-state index contributed by atoms with van der Waals surface area (Å²) in [6.07, 6.45) is 1.16. The van der Waals surface area contributed by atoms with Crippen molar-refractivity contribution in [2.75, 3.05) is 0 Å². The summed E-state index contributed by atoms with van der Waals surface area (Å²) in [5.74, 6) is 0.636. The van der Waals surface area contributed by atoms with Crippen LogP contribution in [0.3, 0.4) is 0 Å². The first-order valence-corrected chi connectivity index (χ1v) is 4.41. The highest BCUT2D eigenvalue weighted by atomic mass is 35.5. The number of hydrogen-bond donors (Lipinski definition) is 0. The maximum Gasteiger partial charge on any atom is 0.0411 e. The Morgan fingerprint density at radius 2 is 1.82 bits per heavy atom. The molecule has 2 rings (SSSR count). The zero-order chi connectivity index (χ0) is 7.84. The first-order chi connectivity index (χ1) is 5.27. The molecule has 1 heteroatoms. The number of halogens is 1. The lowest BCUT2D eigenvalue weighted by Crippen LogP contribution is -1.81. The van der Waals surface area contributed by atoms with E-state index in [2.05, 4.69) is 31.2 Å². The molecule has 1 saturated carbocycles. The Bertz CT molecular complexity index is 250. The molecule has 0 spiro atoms. The highest BCUT2D eigenvalue weighted by Crippen LogP contribution is 2.44. The molecule has 11 heavy (non-hydrogen) atoms. The molecule has 1 aromatic carbocycles. The summed E-state index contributed by atoms with van der Waals surface area (Å²) in [7, 11) is 0. The van der Waals surface area contributed by atoms with E-state index < -0.39 is 0 Å². The highest BCUT2D eigenvalue weighted by molar-refractivity contribution is 6.23. The molecule has 1 aliphatic carbocycles. The van der Waals surface area contributed by atoms with Gasteiger partial charge < -0.3 is 0 Å². The van der Waals surface area contributed by atoms with Crippen molar-refractivity contribution in [3.05, 3.63) is 35.4 Å². The van der Waals surface area contributed by atoms with Crippen LogP contribution in [0.2, 0.25) is 0 Å². The van der Waals surface area contributed by atoms with Crippen LogP contribution in [0.25, 0.3) is 0 Å². The topological polar surface area (TPSA) is 0 Å². The van der Waals surface area contributed by atoms with Crippen molar-refractivity contribution in [3.63, 3.8) is 0 Å². The largest absolute Gasteiger partial charge is 0.122 e. The molecule has 1 fully saturated rings. The predicted molar refractivity (Wildman–Crippen MR) is 48.2 cm³/mol. The minimum Gasteiger partial charge on any atom is -0.122 e. The molecule has 0 N–H and O–H groups in total. The molecule has 0 radical (unpaired) electrons. The predicted octanol–water partition coefficient (Wildman–Crippen LogP) is 3.09. The third-order valence-corrected chi connectivity index (χ3v) is 2.70. The van der Waals surface area contributed by atoms with Gasteiger partial charge in [-0.2, -0.15) is 0 Å². The smallest absolute Gasteiger partial charge is 0.0411 e. The minimum absolute atomic E-state index is 0.401. The van der Waals surface area contributed by atoms with Gasteiger partial charge >= 0.3 is 0 Å². The van der Waals surface area contributed by atoms with Crippen molar-refractivity contribution in [3.8, 4) is 0 Å². The fourth-order valence-electron chi connectivity index (χ4n) is 1.32. The van der Waals surface area contributed by atoms with Crippen molar-refractivity contribution in [1.29, 1.82) is 0 Å². The molecule has 0 heterocycles. The van der Waals surface area contributed by atoms with Crippen LogP contribution in [0.15, 0.2) is 24.3 Å². The van der Waals surface area contributed by atoms with Crippen LogP contribution < -0.4 is 0 Å². The fraction of sp³-hybridized carbons (Fsp3) is 0.400. The monoisotopic (exact) mass is 166 g/mol. The summed E-state index contributed by atoms with van der Waals surface area (Å²) < 4.78 is 0. The summed E-state index contributed by atoms with van der Waals surface area (Å²) >= 11 is 5.93. The lowest BCUT2D eigenvalue weighted by atomic mass is 10.1. The van der Waals surface area contributed by atoms with Gasteiger partial charge in [-0.3, -0.25) is 0 Å². The Morgan fingerprint density at radius 1 is 1.27 bits per heavy atom. The van der Waals surface area contributed by atoms with Gasteiger partial charge in [0.2, 0.25) is 0 Å². The molecule has 58 valence electrons. The maximum atomic E-state index is 5.93. The van der Waals surface area contributed by atoms with Crippen molar-refractivity contribution >= 4 is 11.6 Å². The molecule has 0 aromatic heterocycles. The molecule has 0 nitrogen and oxygen atoms in total. The van der Waals surface area contributed by atoms with Crippen molar-refractivity contribution in [2.24, 2.45) is 0 Å². The van der Waals surface area contributed by atoms with E-state index in [1.54, 1.807) is 0 Å². The van der Waals surface area contributed by atoms with Gasteiger partial charge in [0.25, 0.3) is 0 Å². The number of rotatable bonds is 1. The van der Waals surface area contributed by atoms with Gasteiger partial charge in [-0.1, -0.05) is 29.8 Å². The average molecular weight is 167 g/mol. The Labute approximate surface area is 72.2 Å².